The van der Waals surface area contributed by atoms with E-state index in [4.69, 9.17) is 4.74 Å². The number of fused-ring (bicyclic) bond motifs is 3. The molecule has 0 N–H and O–H groups in total. The summed E-state index contributed by atoms with van der Waals surface area (Å²) in [6.07, 6.45) is -0.427. The molecule has 3 rings (SSSR count). The first kappa shape index (κ1) is 11.3. The number of alkyl halides is 2. The summed E-state index contributed by atoms with van der Waals surface area (Å²) < 4.78 is 33.2. The number of benzene rings is 1. The normalized spacial score (nSPS) is 32.7. The SMILES string of the molecule is CC12OC(=O)CC1C(F)(F)C(=O)c1ccccc12. The molecule has 3 nitrogen and oxygen atoms in total. The summed E-state index contributed by atoms with van der Waals surface area (Å²) in [4.78, 5) is 23.2. The lowest BCUT2D eigenvalue weighted by molar-refractivity contribution is -0.153. The highest BCUT2D eigenvalue weighted by molar-refractivity contribution is 6.05. The number of esters is 1. The summed E-state index contributed by atoms with van der Waals surface area (Å²) in [5, 5.41) is 0. The van der Waals surface area contributed by atoms with Crippen LogP contribution in [-0.4, -0.2) is 17.7 Å². The van der Waals surface area contributed by atoms with E-state index in [1.807, 2.05) is 0 Å². The van der Waals surface area contributed by atoms with Crippen molar-refractivity contribution in [1.82, 2.24) is 0 Å². The number of hydrogen-bond donors (Lipinski definition) is 0. The van der Waals surface area contributed by atoms with Gasteiger partial charge in [0.2, 0.25) is 5.78 Å². The smallest absolute Gasteiger partial charge is 0.317 e. The van der Waals surface area contributed by atoms with Crippen molar-refractivity contribution in [2.24, 2.45) is 5.92 Å². The maximum Gasteiger partial charge on any atom is 0.317 e. The molecule has 1 aromatic rings. The van der Waals surface area contributed by atoms with Crippen molar-refractivity contribution in [3.05, 3.63) is 35.4 Å². The summed E-state index contributed by atoms with van der Waals surface area (Å²) >= 11 is 0. The van der Waals surface area contributed by atoms with E-state index in [0.29, 0.717) is 5.56 Å². The predicted molar refractivity (Wildman–Crippen MR) is 57.3 cm³/mol. The van der Waals surface area contributed by atoms with E-state index in [2.05, 4.69) is 0 Å². The summed E-state index contributed by atoms with van der Waals surface area (Å²) in [5.41, 5.74) is -1.10. The Labute approximate surface area is 102 Å². The zero-order valence-corrected chi connectivity index (χ0v) is 9.57. The third-order valence-corrected chi connectivity index (χ3v) is 3.81. The van der Waals surface area contributed by atoms with Gasteiger partial charge < -0.3 is 4.74 Å². The molecule has 1 aliphatic heterocycles. The van der Waals surface area contributed by atoms with Gasteiger partial charge >= 0.3 is 11.9 Å². The van der Waals surface area contributed by atoms with Crippen LogP contribution in [0, 0.1) is 5.92 Å². The molecule has 1 aromatic carbocycles. The van der Waals surface area contributed by atoms with E-state index < -0.39 is 35.6 Å². The Morgan fingerprint density at radius 1 is 1.28 bits per heavy atom. The van der Waals surface area contributed by atoms with Crippen LogP contribution in [0.25, 0.3) is 0 Å². The highest BCUT2D eigenvalue weighted by atomic mass is 19.3. The number of hydrogen-bond acceptors (Lipinski definition) is 3. The minimum absolute atomic E-state index is 0.0593. The maximum atomic E-state index is 14.1. The Hall–Kier alpha value is -1.78. The monoisotopic (exact) mass is 252 g/mol. The fourth-order valence-corrected chi connectivity index (χ4v) is 2.88. The van der Waals surface area contributed by atoms with E-state index in [1.54, 1.807) is 12.1 Å². The van der Waals surface area contributed by atoms with Crippen LogP contribution < -0.4 is 0 Å². The lowest BCUT2D eigenvalue weighted by Gasteiger charge is -2.39. The van der Waals surface area contributed by atoms with E-state index >= 15 is 0 Å². The largest absolute Gasteiger partial charge is 0.454 e. The third-order valence-electron chi connectivity index (χ3n) is 3.81. The molecule has 0 spiro atoms. The molecule has 0 bridgehead atoms. The second-order valence-electron chi connectivity index (χ2n) is 4.84. The van der Waals surface area contributed by atoms with Gasteiger partial charge in [-0.3, -0.25) is 9.59 Å². The van der Waals surface area contributed by atoms with Crippen molar-refractivity contribution in [3.8, 4) is 0 Å². The predicted octanol–water partition coefficient (Wildman–Crippen LogP) is 2.30. The van der Waals surface area contributed by atoms with Crippen LogP contribution in [0.2, 0.25) is 0 Å². The van der Waals surface area contributed by atoms with Crippen LogP contribution in [0.1, 0.15) is 29.3 Å². The van der Waals surface area contributed by atoms with Crippen molar-refractivity contribution in [1.29, 1.82) is 0 Å². The quantitative estimate of drug-likeness (QED) is 0.665. The van der Waals surface area contributed by atoms with Crippen LogP contribution >= 0.6 is 0 Å². The van der Waals surface area contributed by atoms with Crippen molar-refractivity contribution >= 4 is 11.8 Å². The molecule has 2 atom stereocenters. The van der Waals surface area contributed by atoms with Gasteiger partial charge in [0.05, 0.1) is 12.3 Å². The second-order valence-corrected chi connectivity index (χ2v) is 4.84. The van der Waals surface area contributed by atoms with Crippen molar-refractivity contribution in [2.75, 3.05) is 0 Å². The van der Waals surface area contributed by atoms with Gasteiger partial charge in [0.1, 0.15) is 5.60 Å². The molecule has 0 aromatic heterocycles. The van der Waals surface area contributed by atoms with E-state index in [-0.39, 0.29) is 5.56 Å². The van der Waals surface area contributed by atoms with Crippen molar-refractivity contribution in [2.45, 2.75) is 24.9 Å². The Balaban J connectivity index is 2.30. The highest BCUT2D eigenvalue weighted by Crippen LogP contribution is 2.54. The molecular formula is C13H10F2O3. The Kier molecular flexibility index (Phi) is 1.99. The zero-order chi connectivity index (χ0) is 13.1. The molecule has 0 radical (unpaired) electrons. The molecule has 0 saturated carbocycles. The molecular weight excluding hydrogens is 242 g/mol. The molecule has 2 aliphatic rings. The number of ketones is 1. The number of Topliss-reactive ketones (excluding diaryl/α,β-unsaturated/α-hetero) is 1. The topological polar surface area (TPSA) is 43.4 Å². The molecule has 1 aliphatic carbocycles. The first-order valence-electron chi connectivity index (χ1n) is 5.61. The molecule has 94 valence electrons. The zero-order valence-electron chi connectivity index (χ0n) is 9.57. The molecule has 0 amide bonds. The third kappa shape index (κ3) is 1.16. The number of halogens is 2. The molecule has 5 heteroatoms. The van der Waals surface area contributed by atoms with Gasteiger partial charge in [0, 0.05) is 11.1 Å². The van der Waals surface area contributed by atoms with Crippen LogP contribution in [0.5, 0.6) is 0 Å². The first-order chi connectivity index (χ1) is 8.37. The van der Waals surface area contributed by atoms with E-state index in [0.717, 1.165) is 0 Å². The average Bonchev–Trinajstić information content (AvgIpc) is 2.65. The van der Waals surface area contributed by atoms with Crippen LogP contribution in [0.3, 0.4) is 0 Å². The Morgan fingerprint density at radius 2 is 1.94 bits per heavy atom. The van der Waals surface area contributed by atoms with Gasteiger partial charge in [-0.1, -0.05) is 24.3 Å². The molecule has 18 heavy (non-hydrogen) atoms. The summed E-state index contributed by atoms with van der Waals surface area (Å²) in [7, 11) is 0. The summed E-state index contributed by atoms with van der Waals surface area (Å²) in [6, 6.07) is 6.07. The molecule has 1 saturated heterocycles. The lowest BCUT2D eigenvalue weighted by Crippen LogP contribution is -2.51. The molecule has 1 heterocycles. The van der Waals surface area contributed by atoms with E-state index in [9.17, 15) is 18.4 Å². The number of rotatable bonds is 0. The van der Waals surface area contributed by atoms with Gasteiger partial charge in [0.25, 0.3) is 0 Å². The minimum atomic E-state index is -3.56. The summed E-state index contributed by atoms with van der Waals surface area (Å²) in [6.45, 7) is 1.45. The Bertz CT molecular complexity index is 567. The number of carbonyl (C=O) groups excluding carboxylic acids is 2. The van der Waals surface area contributed by atoms with E-state index in [1.165, 1.54) is 19.1 Å². The number of carbonyl (C=O) groups is 2. The van der Waals surface area contributed by atoms with Gasteiger partial charge in [-0.15, -0.1) is 0 Å². The van der Waals surface area contributed by atoms with Gasteiger partial charge in [-0.25, -0.2) is 0 Å². The maximum absolute atomic E-state index is 14.1. The van der Waals surface area contributed by atoms with Crippen molar-refractivity contribution in [3.63, 3.8) is 0 Å². The van der Waals surface area contributed by atoms with Crippen LogP contribution in [0.4, 0.5) is 8.78 Å². The lowest BCUT2D eigenvalue weighted by atomic mass is 9.70. The van der Waals surface area contributed by atoms with Crippen LogP contribution in [0.15, 0.2) is 24.3 Å². The number of ether oxygens (including phenoxy) is 1. The molecule has 1 fully saturated rings. The first-order valence-corrected chi connectivity index (χ1v) is 5.61. The molecule has 2 unspecified atom stereocenters. The van der Waals surface area contributed by atoms with Gasteiger partial charge in [-0.2, -0.15) is 8.78 Å². The minimum Gasteiger partial charge on any atom is -0.454 e. The highest BCUT2D eigenvalue weighted by Gasteiger charge is 2.66. The second kappa shape index (κ2) is 3.16. The van der Waals surface area contributed by atoms with Gasteiger partial charge in [-0.05, 0) is 6.92 Å². The fourth-order valence-electron chi connectivity index (χ4n) is 2.88. The summed E-state index contributed by atoms with van der Waals surface area (Å²) in [5.74, 6) is -6.89. The standard InChI is InChI=1S/C13H10F2O3/c1-12-8-5-3-2-4-7(8)11(17)13(14,15)9(12)6-10(16)18-12/h2-5,9H,6H2,1H3. The average molecular weight is 252 g/mol. The Morgan fingerprint density at radius 3 is 2.67 bits per heavy atom. The van der Waals surface area contributed by atoms with Crippen molar-refractivity contribution < 1.29 is 23.1 Å². The van der Waals surface area contributed by atoms with Crippen LogP contribution in [-0.2, 0) is 15.1 Å². The fraction of sp³-hybridized carbons (Fsp3) is 0.385. The van der Waals surface area contributed by atoms with Gasteiger partial charge in [0.15, 0.2) is 0 Å².